The lowest BCUT2D eigenvalue weighted by atomic mass is 10.1. The van der Waals surface area contributed by atoms with Crippen molar-refractivity contribution in [2.45, 2.75) is 142 Å². The van der Waals surface area contributed by atoms with Crippen LogP contribution >= 0.6 is 0 Å². The monoisotopic (exact) mass is 608 g/mol. The molecule has 44 heavy (non-hydrogen) atoms. The van der Waals surface area contributed by atoms with Gasteiger partial charge in [-0.25, -0.2) is 0 Å². The van der Waals surface area contributed by atoms with Crippen molar-refractivity contribution in [3.05, 3.63) is 48.5 Å². The van der Waals surface area contributed by atoms with Crippen LogP contribution in [0.5, 0.6) is 11.5 Å². The topological polar surface area (TPSA) is 76.7 Å². The summed E-state index contributed by atoms with van der Waals surface area (Å²) in [5, 5.41) is 5.29. The van der Waals surface area contributed by atoms with Crippen LogP contribution in [0.3, 0.4) is 0 Å². The third kappa shape index (κ3) is 18.6. The van der Waals surface area contributed by atoms with E-state index in [9.17, 15) is 9.59 Å². The highest BCUT2D eigenvalue weighted by Gasteiger charge is 2.14. The summed E-state index contributed by atoms with van der Waals surface area (Å²) in [4.78, 5) is 24.8. The van der Waals surface area contributed by atoms with Crippen molar-refractivity contribution in [1.82, 2.24) is 0 Å². The molecule has 2 aromatic carbocycles. The Labute approximate surface area is 268 Å². The van der Waals surface area contributed by atoms with Crippen LogP contribution in [0.1, 0.15) is 142 Å². The molecule has 0 aromatic heterocycles. The molecule has 0 radical (unpaired) electrons. The molecular formula is C38H60N2O4. The van der Waals surface area contributed by atoms with Crippen LogP contribution in [0.15, 0.2) is 48.5 Å². The molecule has 6 heteroatoms. The predicted molar refractivity (Wildman–Crippen MR) is 185 cm³/mol. The van der Waals surface area contributed by atoms with Gasteiger partial charge < -0.3 is 20.1 Å². The summed E-state index contributed by atoms with van der Waals surface area (Å²) in [6.07, 6.45) is 25.9. The molecule has 0 saturated carbocycles. The number of anilines is 2. The van der Waals surface area contributed by atoms with Gasteiger partial charge in [-0.05, 0) is 61.4 Å². The van der Waals surface area contributed by atoms with E-state index in [0.717, 1.165) is 24.3 Å². The first-order valence-corrected chi connectivity index (χ1v) is 17.7. The Morgan fingerprint density at radius 3 is 1.00 bits per heavy atom. The van der Waals surface area contributed by atoms with Crippen molar-refractivity contribution in [3.63, 3.8) is 0 Å². The highest BCUT2D eigenvalue weighted by atomic mass is 16.5. The number of hydrogen-bond donors (Lipinski definition) is 2. The molecule has 0 fully saturated rings. The maximum atomic E-state index is 12.4. The summed E-state index contributed by atoms with van der Waals surface area (Å²) in [5.74, 6) is 0.0911. The number of hydrogen-bond acceptors (Lipinski definition) is 4. The molecule has 0 aliphatic rings. The minimum atomic E-state index is -0.717. The molecule has 0 saturated heterocycles. The molecule has 2 N–H and O–H groups in total. The van der Waals surface area contributed by atoms with Gasteiger partial charge in [0.15, 0.2) is 0 Å². The number of carbonyl (C=O) groups is 2. The second kappa shape index (κ2) is 25.3. The average Bonchev–Trinajstić information content (AvgIpc) is 3.04. The predicted octanol–water partition coefficient (Wildman–Crippen LogP) is 10.9. The fourth-order valence-electron chi connectivity index (χ4n) is 5.20. The Morgan fingerprint density at radius 1 is 0.432 bits per heavy atom. The molecule has 0 aliphatic heterocycles. The molecule has 6 nitrogen and oxygen atoms in total. The number of amides is 2. The Morgan fingerprint density at radius 2 is 0.705 bits per heavy atom. The van der Waals surface area contributed by atoms with E-state index in [0.29, 0.717) is 24.6 Å². The fraction of sp³-hybridized carbons (Fsp3) is 0.632. The first-order chi connectivity index (χ1) is 21.6. The lowest BCUT2D eigenvalue weighted by Crippen LogP contribution is -2.29. The molecular weight excluding hydrogens is 548 g/mol. The summed E-state index contributed by atoms with van der Waals surface area (Å²) >= 11 is 0. The number of benzene rings is 2. The van der Waals surface area contributed by atoms with E-state index < -0.39 is 11.8 Å². The number of unbranched alkanes of at least 4 members (excludes halogenated alkanes) is 18. The summed E-state index contributed by atoms with van der Waals surface area (Å²) in [6.45, 7) is 5.89. The minimum absolute atomic E-state index is 0.548. The van der Waals surface area contributed by atoms with Gasteiger partial charge in [0.25, 0.3) is 0 Å². The van der Waals surface area contributed by atoms with Gasteiger partial charge in [0, 0.05) is 11.4 Å². The molecule has 2 amide bonds. The lowest BCUT2D eigenvalue weighted by molar-refractivity contribution is -0.132. The van der Waals surface area contributed by atoms with Gasteiger partial charge in [-0.2, -0.15) is 0 Å². The minimum Gasteiger partial charge on any atom is -0.494 e. The number of rotatable bonds is 26. The van der Waals surface area contributed by atoms with Crippen molar-refractivity contribution >= 4 is 23.2 Å². The van der Waals surface area contributed by atoms with Gasteiger partial charge in [0.05, 0.1) is 13.2 Å². The van der Waals surface area contributed by atoms with Gasteiger partial charge in [-0.3, -0.25) is 9.59 Å². The summed E-state index contributed by atoms with van der Waals surface area (Å²) in [7, 11) is 0. The van der Waals surface area contributed by atoms with Crippen molar-refractivity contribution < 1.29 is 19.1 Å². The van der Waals surface area contributed by atoms with Crippen LogP contribution < -0.4 is 20.1 Å². The zero-order valence-electron chi connectivity index (χ0n) is 27.8. The molecule has 2 aromatic rings. The molecule has 0 spiro atoms. The standard InChI is InChI=1S/C38H60N2O4/c1-3-5-7-9-11-13-15-17-19-21-31-43-35-27-23-33(24-28-35)39-37(41)38(42)40-34-25-29-36(30-26-34)44-32-22-20-18-16-14-12-10-8-6-4-2/h23-30H,3-22,31-32H2,1-2H3,(H,39,41)(H,40,42). The second-order valence-corrected chi connectivity index (χ2v) is 12.0. The van der Waals surface area contributed by atoms with Crippen LogP contribution in [0.25, 0.3) is 0 Å². The normalized spacial score (nSPS) is 10.9. The lowest BCUT2D eigenvalue weighted by Gasteiger charge is -2.10. The molecule has 0 atom stereocenters. The largest absolute Gasteiger partial charge is 0.494 e. The highest BCUT2D eigenvalue weighted by Crippen LogP contribution is 2.19. The van der Waals surface area contributed by atoms with Crippen molar-refractivity contribution in [1.29, 1.82) is 0 Å². The van der Waals surface area contributed by atoms with Crippen molar-refractivity contribution in [3.8, 4) is 11.5 Å². The Hall–Kier alpha value is -3.02. The Kier molecular flexibility index (Phi) is 21.4. The number of ether oxygens (including phenoxy) is 2. The molecule has 246 valence electrons. The zero-order valence-corrected chi connectivity index (χ0v) is 27.8. The zero-order chi connectivity index (χ0) is 31.5. The summed E-state index contributed by atoms with van der Waals surface area (Å²) < 4.78 is 11.7. The van der Waals surface area contributed by atoms with Crippen LogP contribution in [0, 0.1) is 0 Å². The van der Waals surface area contributed by atoms with Crippen LogP contribution in [0.4, 0.5) is 11.4 Å². The van der Waals surface area contributed by atoms with E-state index in [1.165, 1.54) is 116 Å². The van der Waals surface area contributed by atoms with E-state index >= 15 is 0 Å². The number of nitrogens with one attached hydrogen (secondary N) is 2. The SMILES string of the molecule is CCCCCCCCCCCCOc1ccc(NC(=O)C(=O)Nc2ccc(OCCCCCCCCCCCC)cc2)cc1. The summed E-state index contributed by atoms with van der Waals surface area (Å²) in [5.41, 5.74) is 1.10. The van der Waals surface area contributed by atoms with Gasteiger partial charge in [-0.15, -0.1) is 0 Å². The highest BCUT2D eigenvalue weighted by molar-refractivity contribution is 6.43. The maximum Gasteiger partial charge on any atom is 0.314 e. The molecule has 0 unspecified atom stereocenters. The van der Waals surface area contributed by atoms with Crippen molar-refractivity contribution in [2.24, 2.45) is 0 Å². The van der Waals surface area contributed by atoms with Gasteiger partial charge in [0.1, 0.15) is 11.5 Å². The van der Waals surface area contributed by atoms with Crippen LogP contribution in [-0.4, -0.2) is 25.0 Å². The van der Waals surface area contributed by atoms with Gasteiger partial charge in [-0.1, -0.05) is 129 Å². The van der Waals surface area contributed by atoms with Crippen LogP contribution in [0.2, 0.25) is 0 Å². The average molecular weight is 609 g/mol. The quantitative estimate of drug-likeness (QED) is 0.0823. The van der Waals surface area contributed by atoms with E-state index in [1.807, 2.05) is 24.3 Å². The van der Waals surface area contributed by atoms with Crippen molar-refractivity contribution in [2.75, 3.05) is 23.8 Å². The third-order valence-electron chi connectivity index (χ3n) is 7.96. The summed E-state index contributed by atoms with van der Waals surface area (Å²) in [6, 6.07) is 14.3. The number of carbonyl (C=O) groups excluding carboxylic acids is 2. The molecule has 0 bridgehead atoms. The Balaban J connectivity index is 1.53. The first-order valence-electron chi connectivity index (χ1n) is 17.7. The smallest absolute Gasteiger partial charge is 0.314 e. The molecule has 0 aliphatic carbocycles. The Bertz CT molecular complexity index is 909. The van der Waals surface area contributed by atoms with Gasteiger partial charge in [0.2, 0.25) is 0 Å². The van der Waals surface area contributed by atoms with E-state index in [-0.39, 0.29) is 0 Å². The first kappa shape index (κ1) is 37.2. The van der Waals surface area contributed by atoms with E-state index in [4.69, 9.17) is 9.47 Å². The fourth-order valence-corrected chi connectivity index (χ4v) is 5.20. The van der Waals surface area contributed by atoms with E-state index in [2.05, 4.69) is 24.5 Å². The molecule has 0 heterocycles. The second-order valence-electron chi connectivity index (χ2n) is 12.0. The van der Waals surface area contributed by atoms with Gasteiger partial charge >= 0.3 is 11.8 Å². The van der Waals surface area contributed by atoms with E-state index in [1.54, 1.807) is 24.3 Å². The maximum absolute atomic E-state index is 12.4. The van der Waals surface area contributed by atoms with Crippen LogP contribution in [-0.2, 0) is 9.59 Å². The third-order valence-corrected chi connectivity index (χ3v) is 7.96. The molecule has 2 rings (SSSR count).